The fourth-order valence-corrected chi connectivity index (χ4v) is 4.75. The van der Waals surface area contributed by atoms with Crippen LogP contribution in [-0.2, 0) is 21.3 Å². The molecule has 1 heterocycles. The van der Waals surface area contributed by atoms with Crippen LogP contribution in [0.3, 0.4) is 0 Å². The fraction of sp³-hybridized carbons (Fsp3) is 0.500. The number of ether oxygens (including phenoxy) is 2. The minimum atomic E-state index is -0.535. The van der Waals surface area contributed by atoms with Gasteiger partial charge in [-0.25, -0.2) is 9.59 Å². The Morgan fingerprint density at radius 1 is 1.08 bits per heavy atom. The first-order valence-electron chi connectivity index (χ1n) is 13.2. The molecule has 0 saturated heterocycles. The lowest BCUT2D eigenvalue weighted by molar-refractivity contribution is 0.0571. The topological polar surface area (TPSA) is 55.8 Å². The molecular formula is C32H41NO4. The molecule has 5 nitrogen and oxygen atoms in total. The lowest BCUT2D eigenvalue weighted by Crippen LogP contribution is -2.43. The van der Waals surface area contributed by atoms with E-state index >= 15 is 0 Å². The van der Waals surface area contributed by atoms with Gasteiger partial charge in [0.05, 0.1) is 18.4 Å². The Balaban J connectivity index is 1.66. The van der Waals surface area contributed by atoms with Gasteiger partial charge in [0.2, 0.25) is 0 Å². The SMILES string of the molecule is CCC(CCC#CCc1ccc2c(c1)N(C(=O)OC(C)(C)C)CCC2(C)C)c1ccc(C(=O)OC)cc1. The predicted octanol–water partition coefficient (Wildman–Crippen LogP) is 7.42. The summed E-state index contributed by atoms with van der Waals surface area (Å²) in [4.78, 5) is 26.4. The van der Waals surface area contributed by atoms with Crippen LogP contribution in [0.4, 0.5) is 10.5 Å². The average Bonchev–Trinajstić information content (AvgIpc) is 2.84. The summed E-state index contributed by atoms with van der Waals surface area (Å²) >= 11 is 0. The Kier molecular flexibility index (Phi) is 9.07. The van der Waals surface area contributed by atoms with Crippen LogP contribution in [0.1, 0.15) is 100 Å². The molecule has 1 amide bonds. The van der Waals surface area contributed by atoms with Crippen LogP contribution in [0, 0.1) is 11.8 Å². The maximum atomic E-state index is 12.9. The summed E-state index contributed by atoms with van der Waals surface area (Å²) in [6.45, 7) is 13.0. The molecule has 0 spiro atoms. The lowest BCUT2D eigenvalue weighted by Gasteiger charge is -2.39. The molecule has 1 aliphatic heterocycles. The summed E-state index contributed by atoms with van der Waals surface area (Å²) in [5.74, 6) is 6.75. The molecule has 0 bridgehead atoms. The van der Waals surface area contributed by atoms with Gasteiger partial charge in [0.15, 0.2) is 0 Å². The van der Waals surface area contributed by atoms with E-state index in [0.29, 0.717) is 24.4 Å². The molecule has 0 saturated carbocycles. The number of carbonyl (C=O) groups excluding carboxylic acids is 2. The standard InChI is InChI=1S/C32H41NO4/c1-8-24(25-15-17-26(18-16-25)29(34)36-7)13-11-9-10-12-23-14-19-27-28(22-23)33(21-20-32(27,5)6)30(35)37-31(2,3)4/h14-19,22,24H,8,11-13,20-21H2,1-7H3. The first kappa shape index (κ1) is 28.3. The van der Waals surface area contributed by atoms with Crippen LogP contribution in [0.5, 0.6) is 0 Å². The Morgan fingerprint density at radius 3 is 2.41 bits per heavy atom. The van der Waals surface area contributed by atoms with E-state index < -0.39 is 5.60 Å². The van der Waals surface area contributed by atoms with Crippen LogP contribution in [0.25, 0.3) is 0 Å². The highest BCUT2D eigenvalue weighted by molar-refractivity contribution is 5.90. The zero-order chi connectivity index (χ0) is 27.2. The van der Waals surface area contributed by atoms with Gasteiger partial charge in [-0.3, -0.25) is 4.90 Å². The zero-order valence-electron chi connectivity index (χ0n) is 23.4. The van der Waals surface area contributed by atoms with Gasteiger partial charge in [0, 0.05) is 19.4 Å². The highest BCUT2D eigenvalue weighted by atomic mass is 16.6. The molecule has 0 N–H and O–H groups in total. The van der Waals surface area contributed by atoms with Gasteiger partial charge in [0.1, 0.15) is 5.60 Å². The van der Waals surface area contributed by atoms with Crippen molar-refractivity contribution in [2.75, 3.05) is 18.6 Å². The Labute approximate surface area is 222 Å². The maximum Gasteiger partial charge on any atom is 0.414 e. The summed E-state index contributed by atoms with van der Waals surface area (Å²) in [6, 6.07) is 14.1. The van der Waals surface area contributed by atoms with E-state index in [1.165, 1.54) is 18.2 Å². The number of nitrogens with zero attached hydrogens (tertiary/aromatic N) is 1. The molecule has 0 aromatic heterocycles. The van der Waals surface area contributed by atoms with Gasteiger partial charge in [-0.15, -0.1) is 5.92 Å². The van der Waals surface area contributed by atoms with Crippen molar-refractivity contribution < 1.29 is 19.1 Å². The molecule has 0 fully saturated rings. The minimum absolute atomic E-state index is 0.00226. The number of esters is 1. The molecule has 0 aliphatic carbocycles. The molecule has 0 radical (unpaired) electrons. The van der Waals surface area contributed by atoms with Crippen molar-refractivity contribution in [3.05, 3.63) is 64.7 Å². The molecule has 1 aliphatic rings. The molecule has 5 heteroatoms. The third kappa shape index (κ3) is 7.38. The second-order valence-corrected chi connectivity index (χ2v) is 11.4. The van der Waals surface area contributed by atoms with E-state index in [9.17, 15) is 9.59 Å². The zero-order valence-corrected chi connectivity index (χ0v) is 23.4. The quantitative estimate of drug-likeness (QED) is 0.304. The summed E-state index contributed by atoms with van der Waals surface area (Å²) in [5.41, 5.74) is 4.46. The van der Waals surface area contributed by atoms with Crippen molar-refractivity contribution in [3.8, 4) is 11.8 Å². The first-order valence-corrected chi connectivity index (χ1v) is 13.2. The molecule has 2 aromatic carbocycles. The fourth-order valence-electron chi connectivity index (χ4n) is 4.75. The highest BCUT2D eigenvalue weighted by Gasteiger charge is 2.35. The van der Waals surface area contributed by atoms with Crippen molar-refractivity contribution in [1.29, 1.82) is 0 Å². The largest absolute Gasteiger partial charge is 0.465 e. The number of hydrogen-bond donors (Lipinski definition) is 0. The van der Waals surface area contributed by atoms with Crippen LogP contribution >= 0.6 is 0 Å². The monoisotopic (exact) mass is 503 g/mol. The summed E-state index contributed by atoms with van der Waals surface area (Å²) in [6.07, 6.45) is 4.02. The maximum absolute atomic E-state index is 12.9. The molecular weight excluding hydrogens is 462 g/mol. The van der Waals surface area contributed by atoms with Gasteiger partial charge in [-0.05, 0) is 86.3 Å². The van der Waals surface area contributed by atoms with E-state index in [-0.39, 0.29) is 17.5 Å². The van der Waals surface area contributed by atoms with Crippen molar-refractivity contribution >= 4 is 17.7 Å². The number of fused-ring (bicyclic) bond motifs is 1. The Hall–Kier alpha value is -3.26. The second-order valence-electron chi connectivity index (χ2n) is 11.4. The van der Waals surface area contributed by atoms with E-state index in [1.807, 2.05) is 45.0 Å². The lowest BCUT2D eigenvalue weighted by atomic mass is 9.77. The molecule has 198 valence electrons. The number of hydrogen-bond acceptors (Lipinski definition) is 4. The van der Waals surface area contributed by atoms with Crippen molar-refractivity contribution in [1.82, 2.24) is 0 Å². The smallest absolute Gasteiger partial charge is 0.414 e. The van der Waals surface area contributed by atoms with Gasteiger partial charge >= 0.3 is 12.1 Å². The van der Waals surface area contributed by atoms with Crippen molar-refractivity contribution in [2.24, 2.45) is 0 Å². The van der Waals surface area contributed by atoms with E-state index in [0.717, 1.165) is 36.9 Å². The number of methoxy groups -OCH3 is 1. The van der Waals surface area contributed by atoms with E-state index in [4.69, 9.17) is 9.47 Å². The normalized spacial score (nSPS) is 15.2. The third-order valence-corrected chi connectivity index (χ3v) is 6.99. The number of anilines is 1. The van der Waals surface area contributed by atoms with Crippen LogP contribution < -0.4 is 4.90 Å². The molecule has 2 aromatic rings. The molecule has 3 rings (SSSR count). The van der Waals surface area contributed by atoms with Gasteiger partial charge in [-0.1, -0.05) is 51.0 Å². The van der Waals surface area contributed by atoms with Gasteiger partial charge < -0.3 is 9.47 Å². The van der Waals surface area contributed by atoms with Crippen LogP contribution in [0.15, 0.2) is 42.5 Å². The first-order chi connectivity index (χ1) is 17.4. The average molecular weight is 504 g/mol. The predicted molar refractivity (Wildman–Crippen MR) is 149 cm³/mol. The number of benzene rings is 2. The van der Waals surface area contributed by atoms with E-state index in [1.54, 1.807) is 4.90 Å². The van der Waals surface area contributed by atoms with Crippen LogP contribution in [0.2, 0.25) is 0 Å². The Bertz CT molecular complexity index is 1160. The van der Waals surface area contributed by atoms with E-state index in [2.05, 4.69) is 50.8 Å². The summed E-state index contributed by atoms with van der Waals surface area (Å²) in [7, 11) is 1.39. The number of carbonyl (C=O) groups is 2. The summed E-state index contributed by atoms with van der Waals surface area (Å²) < 4.78 is 10.5. The Morgan fingerprint density at radius 2 is 1.78 bits per heavy atom. The number of rotatable bonds is 6. The van der Waals surface area contributed by atoms with Crippen molar-refractivity contribution in [2.45, 2.75) is 90.6 Å². The second kappa shape index (κ2) is 11.9. The van der Waals surface area contributed by atoms with Crippen LogP contribution in [-0.4, -0.2) is 31.3 Å². The summed E-state index contributed by atoms with van der Waals surface area (Å²) in [5, 5.41) is 0. The molecule has 37 heavy (non-hydrogen) atoms. The number of amides is 1. The molecule has 1 unspecified atom stereocenters. The third-order valence-electron chi connectivity index (χ3n) is 6.99. The van der Waals surface area contributed by atoms with Gasteiger partial charge in [0.25, 0.3) is 0 Å². The van der Waals surface area contributed by atoms with Crippen molar-refractivity contribution in [3.63, 3.8) is 0 Å². The highest BCUT2D eigenvalue weighted by Crippen LogP contribution is 2.40. The molecule has 1 atom stereocenters. The van der Waals surface area contributed by atoms with Gasteiger partial charge in [-0.2, -0.15) is 0 Å². The minimum Gasteiger partial charge on any atom is -0.465 e.